The number of fused-ring (bicyclic) bond motifs is 1. The van der Waals surface area contributed by atoms with E-state index in [-0.39, 0.29) is 12.6 Å². The van der Waals surface area contributed by atoms with Gasteiger partial charge in [0.05, 0.1) is 17.8 Å². The molecule has 0 fully saturated rings. The highest BCUT2D eigenvalue weighted by molar-refractivity contribution is 9.10. The zero-order chi connectivity index (χ0) is 20.9. The fourth-order valence-electron chi connectivity index (χ4n) is 3.27. The van der Waals surface area contributed by atoms with Crippen LogP contribution in [0.15, 0.2) is 83.3 Å². The van der Waals surface area contributed by atoms with E-state index in [0.717, 1.165) is 37.8 Å². The molecular formula is C25H20BrNO3. The van der Waals surface area contributed by atoms with Crippen LogP contribution in [0.5, 0.6) is 5.75 Å². The molecule has 30 heavy (non-hydrogen) atoms. The summed E-state index contributed by atoms with van der Waals surface area (Å²) in [6.07, 6.45) is 0. The molecule has 0 saturated heterocycles. The van der Waals surface area contributed by atoms with Gasteiger partial charge in [-0.2, -0.15) is 0 Å². The standard InChI is InChI=1S/C25H20BrNO3/c1-2-29-25(28)16-30-20-11-8-18(9-12-20)24-15-21(17-6-4-3-5-7-17)22-14-19(26)10-13-23(22)27-24/h3-15H,2,16H2,1H3. The number of esters is 1. The van der Waals surface area contributed by atoms with Crippen molar-refractivity contribution >= 4 is 32.8 Å². The number of halogens is 1. The van der Waals surface area contributed by atoms with Crippen LogP contribution in [0.25, 0.3) is 33.3 Å². The van der Waals surface area contributed by atoms with Crippen LogP contribution in [-0.4, -0.2) is 24.2 Å². The van der Waals surface area contributed by atoms with E-state index in [2.05, 4.69) is 40.2 Å². The van der Waals surface area contributed by atoms with Gasteiger partial charge in [-0.3, -0.25) is 0 Å². The van der Waals surface area contributed by atoms with E-state index in [4.69, 9.17) is 14.5 Å². The van der Waals surface area contributed by atoms with Gasteiger partial charge in [-0.1, -0.05) is 46.3 Å². The van der Waals surface area contributed by atoms with Crippen molar-refractivity contribution in [3.8, 4) is 28.1 Å². The SMILES string of the molecule is CCOC(=O)COc1ccc(-c2cc(-c3ccccc3)c3cc(Br)ccc3n2)cc1. The molecule has 0 N–H and O–H groups in total. The van der Waals surface area contributed by atoms with Gasteiger partial charge >= 0.3 is 5.97 Å². The molecule has 4 aromatic rings. The quantitative estimate of drug-likeness (QED) is 0.317. The molecule has 0 spiro atoms. The first kappa shape index (κ1) is 20.1. The van der Waals surface area contributed by atoms with E-state index in [9.17, 15) is 4.79 Å². The minimum atomic E-state index is -0.378. The molecule has 0 atom stereocenters. The number of hydrogen-bond donors (Lipinski definition) is 0. The van der Waals surface area contributed by atoms with Crippen molar-refractivity contribution in [2.75, 3.05) is 13.2 Å². The summed E-state index contributed by atoms with van der Waals surface area (Å²) in [7, 11) is 0. The lowest BCUT2D eigenvalue weighted by atomic mass is 9.98. The Balaban J connectivity index is 1.69. The van der Waals surface area contributed by atoms with E-state index < -0.39 is 0 Å². The van der Waals surface area contributed by atoms with Crippen LogP contribution in [0.1, 0.15) is 6.92 Å². The Bertz CT molecular complexity index is 1170. The van der Waals surface area contributed by atoms with Crippen molar-refractivity contribution in [2.45, 2.75) is 6.92 Å². The van der Waals surface area contributed by atoms with Crippen LogP contribution in [0, 0.1) is 0 Å². The lowest BCUT2D eigenvalue weighted by Crippen LogP contribution is -2.14. The van der Waals surface area contributed by atoms with E-state index in [1.807, 2.05) is 54.6 Å². The Morgan fingerprint density at radius 1 is 0.933 bits per heavy atom. The smallest absolute Gasteiger partial charge is 0.344 e. The minimum Gasteiger partial charge on any atom is -0.482 e. The average molecular weight is 462 g/mol. The first-order chi connectivity index (χ1) is 14.6. The number of benzene rings is 3. The molecule has 1 aromatic heterocycles. The summed E-state index contributed by atoms with van der Waals surface area (Å²) in [6.45, 7) is 2.01. The summed E-state index contributed by atoms with van der Waals surface area (Å²) < 4.78 is 11.4. The number of pyridine rings is 1. The normalized spacial score (nSPS) is 10.7. The van der Waals surface area contributed by atoms with Gasteiger partial charge in [0.2, 0.25) is 0 Å². The largest absolute Gasteiger partial charge is 0.482 e. The van der Waals surface area contributed by atoms with Gasteiger partial charge in [0.25, 0.3) is 0 Å². The van der Waals surface area contributed by atoms with Crippen molar-refractivity contribution < 1.29 is 14.3 Å². The van der Waals surface area contributed by atoms with Crippen LogP contribution in [0.2, 0.25) is 0 Å². The topological polar surface area (TPSA) is 48.4 Å². The third-order valence-corrected chi connectivity index (χ3v) is 5.16. The zero-order valence-corrected chi connectivity index (χ0v) is 18.1. The number of carbonyl (C=O) groups excluding carboxylic acids is 1. The van der Waals surface area contributed by atoms with Crippen molar-refractivity contribution in [1.29, 1.82) is 0 Å². The highest BCUT2D eigenvalue weighted by Crippen LogP contribution is 2.33. The summed E-state index contributed by atoms with van der Waals surface area (Å²) in [6, 6.07) is 26.1. The van der Waals surface area contributed by atoms with Gasteiger partial charge in [0, 0.05) is 15.4 Å². The van der Waals surface area contributed by atoms with Crippen molar-refractivity contribution in [2.24, 2.45) is 0 Å². The second kappa shape index (κ2) is 9.09. The molecular weight excluding hydrogens is 442 g/mol. The number of nitrogens with zero attached hydrogens (tertiary/aromatic N) is 1. The summed E-state index contributed by atoms with van der Waals surface area (Å²) >= 11 is 3.57. The van der Waals surface area contributed by atoms with Crippen LogP contribution in [0.4, 0.5) is 0 Å². The van der Waals surface area contributed by atoms with Crippen LogP contribution < -0.4 is 4.74 Å². The molecule has 0 aliphatic rings. The Morgan fingerprint density at radius 2 is 1.70 bits per heavy atom. The molecule has 0 saturated carbocycles. The number of rotatable bonds is 6. The molecule has 4 rings (SSSR count). The van der Waals surface area contributed by atoms with E-state index in [1.165, 1.54) is 0 Å². The molecule has 0 aliphatic carbocycles. The first-order valence-electron chi connectivity index (χ1n) is 9.68. The van der Waals surface area contributed by atoms with Gasteiger partial charge in [-0.25, -0.2) is 9.78 Å². The molecule has 5 heteroatoms. The fraction of sp³-hybridized carbons (Fsp3) is 0.120. The predicted molar refractivity (Wildman–Crippen MR) is 122 cm³/mol. The zero-order valence-electron chi connectivity index (χ0n) is 16.5. The van der Waals surface area contributed by atoms with E-state index >= 15 is 0 Å². The van der Waals surface area contributed by atoms with Crippen LogP contribution in [0.3, 0.4) is 0 Å². The second-order valence-corrected chi connectivity index (χ2v) is 7.62. The molecule has 0 bridgehead atoms. The molecule has 0 radical (unpaired) electrons. The fourth-order valence-corrected chi connectivity index (χ4v) is 3.63. The second-order valence-electron chi connectivity index (χ2n) is 6.70. The number of aromatic nitrogens is 1. The first-order valence-corrected chi connectivity index (χ1v) is 10.5. The predicted octanol–water partition coefficient (Wildman–Crippen LogP) is 6.27. The Kier molecular flexibility index (Phi) is 6.10. The monoisotopic (exact) mass is 461 g/mol. The number of carbonyl (C=O) groups is 1. The number of hydrogen-bond acceptors (Lipinski definition) is 4. The molecule has 0 amide bonds. The minimum absolute atomic E-state index is 0.103. The lowest BCUT2D eigenvalue weighted by Gasteiger charge is -2.11. The van der Waals surface area contributed by atoms with Gasteiger partial charge < -0.3 is 9.47 Å². The maximum absolute atomic E-state index is 11.5. The van der Waals surface area contributed by atoms with Crippen molar-refractivity contribution in [3.05, 3.63) is 83.3 Å². The van der Waals surface area contributed by atoms with Gasteiger partial charge in [-0.15, -0.1) is 0 Å². The Hall–Kier alpha value is -3.18. The Labute approximate surface area is 183 Å². The number of ether oxygens (including phenoxy) is 2. The summed E-state index contributed by atoms with van der Waals surface area (Å²) in [5.41, 5.74) is 5.04. The summed E-state index contributed by atoms with van der Waals surface area (Å²) in [5.74, 6) is 0.233. The maximum atomic E-state index is 11.5. The van der Waals surface area contributed by atoms with E-state index in [0.29, 0.717) is 12.4 Å². The lowest BCUT2D eigenvalue weighted by molar-refractivity contribution is -0.145. The van der Waals surface area contributed by atoms with Gasteiger partial charge in [0.1, 0.15) is 5.75 Å². The van der Waals surface area contributed by atoms with Crippen molar-refractivity contribution in [3.63, 3.8) is 0 Å². The van der Waals surface area contributed by atoms with Crippen LogP contribution >= 0.6 is 15.9 Å². The van der Waals surface area contributed by atoms with Gasteiger partial charge in [-0.05, 0) is 66.6 Å². The molecule has 0 unspecified atom stereocenters. The summed E-state index contributed by atoms with van der Waals surface area (Å²) in [5, 5.41) is 1.09. The van der Waals surface area contributed by atoms with Crippen LogP contribution in [-0.2, 0) is 9.53 Å². The van der Waals surface area contributed by atoms with Crippen molar-refractivity contribution in [1.82, 2.24) is 4.98 Å². The third-order valence-electron chi connectivity index (χ3n) is 4.67. The molecule has 150 valence electrons. The summed E-state index contributed by atoms with van der Waals surface area (Å²) in [4.78, 5) is 16.3. The molecule has 0 aliphatic heterocycles. The van der Waals surface area contributed by atoms with Gasteiger partial charge in [0.15, 0.2) is 6.61 Å². The maximum Gasteiger partial charge on any atom is 0.344 e. The molecule has 3 aromatic carbocycles. The molecule has 1 heterocycles. The third kappa shape index (κ3) is 4.52. The highest BCUT2D eigenvalue weighted by atomic mass is 79.9. The average Bonchev–Trinajstić information content (AvgIpc) is 2.78. The highest BCUT2D eigenvalue weighted by Gasteiger charge is 2.11. The Morgan fingerprint density at radius 3 is 2.43 bits per heavy atom. The molecule has 4 nitrogen and oxygen atoms in total. The van der Waals surface area contributed by atoms with E-state index in [1.54, 1.807) is 6.92 Å².